The number of hydrogen-bond acceptors (Lipinski definition) is 6. The molecule has 0 spiro atoms. The van der Waals surface area contributed by atoms with Gasteiger partial charge in [0.2, 0.25) is 0 Å². The lowest BCUT2D eigenvalue weighted by molar-refractivity contribution is 0.668. The second kappa shape index (κ2) is 13.7. The lowest BCUT2D eigenvalue weighted by atomic mass is 9.97. The van der Waals surface area contributed by atoms with Gasteiger partial charge in [-0.05, 0) is 29.3 Å². The van der Waals surface area contributed by atoms with Gasteiger partial charge in [0.25, 0.3) is 0 Å². The summed E-state index contributed by atoms with van der Waals surface area (Å²) in [5, 5.41) is 5.36. The van der Waals surface area contributed by atoms with Crippen molar-refractivity contribution in [2.45, 2.75) is 0 Å². The Morgan fingerprint density at radius 1 is 0.300 bits per heavy atom. The topological polar surface area (TPSA) is 77.8 Å². The molecule has 0 N–H and O–H groups in total. The lowest BCUT2D eigenvalue weighted by Crippen LogP contribution is -2.00. The van der Waals surface area contributed by atoms with Crippen LogP contribution in [0.25, 0.3) is 122 Å². The van der Waals surface area contributed by atoms with Crippen molar-refractivity contribution in [1.82, 2.24) is 19.9 Å². The van der Waals surface area contributed by atoms with Crippen LogP contribution in [0.3, 0.4) is 0 Å². The molecule has 0 bridgehead atoms. The highest BCUT2D eigenvalue weighted by Crippen LogP contribution is 2.42. The molecule has 0 radical (unpaired) electrons. The SMILES string of the molecule is c1ccc(-c2nc(-c3ccc(-c4nc5c(-c6ccccc6)cccc5c5c4oc4ccccc45)cc3)nc(-c3cccc(-c4cccc5c4oc4ccccc45)c3)n2)cc1. The monoisotopic (exact) mass is 768 g/mol. The third kappa shape index (κ3) is 5.57. The fourth-order valence-corrected chi connectivity index (χ4v) is 8.48. The molecule has 12 rings (SSSR count). The third-order valence-electron chi connectivity index (χ3n) is 11.3. The summed E-state index contributed by atoms with van der Waals surface area (Å²) in [6, 6.07) is 66.2. The van der Waals surface area contributed by atoms with Crippen molar-refractivity contribution in [2.24, 2.45) is 0 Å². The predicted octanol–water partition coefficient (Wildman–Crippen LogP) is 14.2. The van der Waals surface area contributed by atoms with Crippen LogP contribution in [0.15, 0.2) is 203 Å². The van der Waals surface area contributed by atoms with E-state index in [1.165, 1.54) is 0 Å². The molecule has 0 aliphatic heterocycles. The van der Waals surface area contributed by atoms with Crippen molar-refractivity contribution in [1.29, 1.82) is 0 Å². The van der Waals surface area contributed by atoms with Gasteiger partial charge in [-0.15, -0.1) is 0 Å². The molecule has 0 aliphatic carbocycles. The number of fused-ring (bicyclic) bond motifs is 8. The molecule has 12 aromatic rings. The summed E-state index contributed by atoms with van der Waals surface area (Å²) >= 11 is 0. The normalized spacial score (nSPS) is 11.7. The average Bonchev–Trinajstić information content (AvgIpc) is 3.91. The van der Waals surface area contributed by atoms with Crippen LogP contribution < -0.4 is 0 Å². The van der Waals surface area contributed by atoms with Crippen molar-refractivity contribution in [3.63, 3.8) is 0 Å². The molecule has 0 unspecified atom stereocenters. The van der Waals surface area contributed by atoms with Gasteiger partial charge in [-0.3, -0.25) is 0 Å². The molecule has 60 heavy (non-hydrogen) atoms. The Kier molecular flexibility index (Phi) is 7.74. The van der Waals surface area contributed by atoms with E-state index in [-0.39, 0.29) is 0 Å². The first-order valence-corrected chi connectivity index (χ1v) is 20.0. The summed E-state index contributed by atoms with van der Waals surface area (Å²) in [6.07, 6.45) is 0. The van der Waals surface area contributed by atoms with E-state index in [9.17, 15) is 0 Å². The van der Waals surface area contributed by atoms with Crippen LogP contribution in [0.1, 0.15) is 0 Å². The van der Waals surface area contributed by atoms with Gasteiger partial charge in [0.05, 0.1) is 5.52 Å². The van der Waals surface area contributed by atoms with Crippen molar-refractivity contribution < 1.29 is 8.83 Å². The van der Waals surface area contributed by atoms with Crippen LogP contribution in [0.2, 0.25) is 0 Å². The van der Waals surface area contributed by atoms with Gasteiger partial charge in [-0.2, -0.15) is 0 Å². The van der Waals surface area contributed by atoms with Crippen molar-refractivity contribution in [2.75, 3.05) is 0 Å². The van der Waals surface area contributed by atoms with Gasteiger partial charge < -0.3 is 8.83 Å². The van der Waals surface area contributed by atoms with Crippen LogP contribution in [-0.2, 0) is 0 Å². The zero-order valence-electron chi connectivity index (χ0n) is 32.1. The van der Waals surface area contributed by atoms with Gasteiger partial charge in [0.1, 0.15) is 22.4 Å². The maximum atomic E-state index is 6.62. The quantitative estimate of drug-likeness (QED) is 0.168. The summed E-state index contributed by atoms with van der Waals surface area (Å²) < 4.78 is 13.0. The Morgan fingerprint density at radius 2 is 0.800 bits per heavy atom. The van der Waals surface area contributed by atoms with E-state index in [1.54, 1.807) is 0 Å². The smallest absolute Gasteiger partial charge is 0.164 e. The first kappa shape index (κ1) is 33.9. The molecule has 0 atom stereocenters. The minimum absolute atomic E-state index is 0.571. The standard InChI is InChI=1S/C54H32N4O2/c1-3-14-33(15-4-1)39-22-12-25-44-47-43-21-8-10-27-46(43)60-51(47)48(55-49(39)44)34-28-30-36(31-29-34)53-56-52(35-16-5-2-6-17-35)57-54(58-53)38-19-11-18-37(32-38)40-23-13-24-42-41-20-7-9-26-45(41)59-50(40)42/h1-32H. The van der Waals surface area contributed by atoms with Crippen LogP contribution in [0.4, 0.5) is 0 Å². The van der Waals surface area contributed by atoms with E-state index in [4.69, 9.17) is 28.8 Å². The van der Waals surface area contributed by atoms with Gasteiger partial charge >= 0.3 is 0 Å². The summed E-state index contributed by atoms with van der Waals surface area (Å²) in [6.45, 7) is 0. The molecule has 6 nitrogen and oxygen atoms in total. The van der Waals surface area contributed by atoms with Gasteiger partial charge in [0.15, 0.2) is 23.1 Å². The Hall–Kier alpha value is -8.22. The minimum atomic E-state index is 0.571. The van der Waals surface area contributed by atoms with Gasteiger partial charge in [-0.1, -0.05) is 176 Å². The molecule has 4 heterocycles. The highest BCUT2D eigenvalue weighted by molar-refractivity contribution is 6.22. The molecule has 0 saturated carbocycles. The fraction of sp³-hybridized carbons (Fsp3) is 0. The zero-order valence-corrected chi connectivity index (χ0v) is 32.1. The Labute approximate surface area is 344 Å². The number of para-hydroxylation sites is 4. The maximum absolute atomic E-state index is 6.62. The van der Waals surface area contributed by atoms with Crippen molar-refractivity contribution in [3.05, 3.63) is 194 Å². The van der Waals surface area contributed by atoms with E-state index < -0.39 is 0 Å². The summed E-state index contributed by atoms with van der Waals surface area (Å²) in [4.78, 5) is 20.6. The number of benzene rings is 8. The Morgan fingerprint density at radius 3 is 1.55 bits per heavy atom. The molecule has 0 saturated heterocycles. The third-order valence-corrected chi connectivity index (χ3v) is 11.3. The molecule has 0 aliphatic rings. The van der Waals surface area contributed by atoms with Gasteiger partial charge in [0, 0.05) is 60.3 Å². The summed E-state index contributed by atoms with van der Waals surface area (Å²) in [7, 11) is 0. The summed E-state index contributed by atoms with van der Waals surface area (Å²) in [5.41, 5.74) is 12.8. The number of furan rings is 2. The Bertz CT molecular complexity index is 3590. The molecule has 0 fully saturated rings. The second-order valence-electron chi connectivity index (χ2n) is 14.9. The molecular formula is C54H32N4O2. The Balaban J connectivity index is 0.994. The number of nitrogens with zero attached hydrogens (tertiary/aromatic N) is 4. The lowest BCUT2D eigenvalue weighted by Gasteiger charge is -2.12. The zero-order chi connectivity index (χ0) is 39.6. The number of hydrogen-bond donors (Lipinski definition) is 0. The van der Waals surface area contributed by atoms with E-state index >= 15 is 0 Å². The van der Waals surface area contributed by atoms with Crippen molar-refractivity contribution in [3.8, 4) is 67.7 Å². The minimum Gasteiger partial charge on any atom is -0.455 e. The average molecular weight is 769 g/mol. The number of rotatable bonds is 6. The number of pyridine rings is 1. The summed E-state index contributed by atoms with van der Waals surface area (Å²) in [5.74, 6) is 1.75. The molecule has 8 aromatic carbocycles. The molecular weight excluding hydrogens is 737 g/mol. The first-order chi connectivity index (χ1) is 29.7. The van der Waals surface area contributed by atoms with Crippen LogP contribution in [-0.4, -0.2) is 19.9 Å². The molecule has 4 aromatic heterocycles. The van der Waals surface area contributed by atoms with Crippen LogP contribution in [0, 0.1) is 0 Å². The van der Waals surface area contributed by atoms with Crippen LogP contribution >= 0.6 is 0 Å². The highest BCUT2D eigenvalue weighted by atomic mass is 16.3. The highest BCUT2D eigenvalue weighted by Gasteiger charge is 2.21. The molecule has 280 valence electrons. The molecule has 6 heteroatoms. The predicted molar refractivity (Wildman–Crippen MR) is 242 cm³/mol. The van der Waals surface area contributed by atoms with Gasteiger partial charge in [-0.25, -0.2) is 19.9 Å². The van der Waals surface area contributed by atoms with E-state index in [0.29, 0.717) is 17.5 Å². The second-order valence-corrected chi connectivity index (χ2v) is 14.9. The van der Waals surface area contributed by atoms with Crippen molar-refractivity contribution >= 4 is 54.8 Å². The number of aromatic nitrogens is 4. The fourth-order valence-electron chi connectivity index (χ4n) is 8.48. The maximum Gasteiger partial charge on any atom is 0.164 e. The molecule has 0 amide bonds. The first-order valence-electron chi connectivity index (χ1n) is 20.0. The van der Waals surface area contributed by atoms with E-state index in [0.717, 1.165) is 105 Å². The van der Waals surface area contributed by atoms with Crippen LogP contribution in [0.5, 0.6) is 0 Å². The van der Waals surface area contributed by atoms with E-state index in [1.807, 2.05) is 78.9 Å². The van der Waals surface area contributed by atoms with E-state index in [2.05, 4.69) is 115 Å². The largest absolute Gasteiger partial charge is 0.455 e.